The molecule has 0 aromatic carbocycles. The van der Waals surface area contributed by atoms with Gasteiger partial charge in [-0.2, -0.15) is 0 Å². The Balaban J connectivity index is 1.65. The number of hydrogen-bond acceptors (Lipinski definition) is 1. The van der Waals surface area contributed by atoms with E-state index in [1.165, 1.54) is 69.0 Å². The Morgan fingerprint density at radius 3 is 2.00 bits per heavy atom. The van der Waals surface area contributed by atoms with Crippen molar-refractivity contribution in [1.82, 2.24) is 9.36 Å². The maximum Gasteiger partial charge on any atom is 0.270 e. The summed E-state index contributed by atoms with van der Waals surface area (Å²) in [7, 11) is 0. The summed E-state index contributed by atoms with van der Waals surface area (Å²) in [6.45, 7) is 4.22. The van der Waals surface area contributed by atoms with Crippen molar-refractivity contribution in [3.63, 3.8) is 0 Å². The van der Waals surface area contributed by atoms with Crippen LogP contribution in [0.25, 0.3) is 0 Å². The van der Waals surface area contributed by atoms with Crippen LogP contribution in [0.3, 0.4) is 0 Å². The van der Waals surface area contributed by atoms with Crippen LogP contribution in [0.4, 0.5) is 0 Å². The molecular formula is C19H28N2O. The van der Waals surface area contributed by atoms with Crippen molar-refractivity contribution in [3.8, 4) is 0 Å². The molecule has 4 bridgehead atoms. The van der Waals surface area contributed by atoms with Gasteiger partial charge in [0.25, 0.3) is 5.56 Å². The molecule has 0 atom stereocenters. The van der Waals surface area contributed by atoms with Crippen LogP contribution in [-0.4, -0.2) is 9.36 Å². The number of fused-ring (bicyclic) bond motifs is 1. The van der Waals surface area contributed by atoms with E-state index >= 15 is 0 Å². The average molecular weight is 300 g/mol. The molecule has 4 saturated carbocycles. The van der Waals surface area contributed by atoms with Gasteiger partial charge >= 0.3 is 0 Å². The lowest BCUT2D eigenvalue weighted by atomic mass is 9.48. The minimum atomic E-state index is 0.252. The monoisotopic (exact) mass is 300 g/mol. The fourth-order valence-electron chi connectivity index (χ4n) is 6.94. The van der Waals surface area contributed by atoms with Crippen molar-refractivity contribution in [2.45, 2.75) is 83.2 Å². The predicted octanol–water partition coefficient (Wildman–Crippen LogP) is 3.61. The normalized spacial score (nSPS) is 39.8. The number of rotatable bonds is 1. The summed E-state index contributed by atoms with van der Waals surface area (Å²) in [5.74, 6) is 2.74. The molecule has 4 fully saturated rings. The lowest BCUT2D eigenvalue weighted by Gasteiger charge is -2.56. The van der Waals surface area contributed by atoms with Gasteiger partial charge in [0.15, 0.2) is 0 Å². The minimum Gasteiger partial charge on any atom is -0.287 e. The topological polar surface area (TPSA) is 26.9 Å². The van der Waals surface area contributed by atoms with Gasteiger partial charge in [-0.3, -0.25) is 14.2 Å². The zero-order valence-corrected chi connectivity index (χ0v) is 13.8. The largest absolute Gasteiger partial charge is 0.287 e. The van der Waals surface area contributed by atoms with Gasteiger partial charge in [0, 0.05) is 29.8 Å². The highest BCUT2D eigenvalue weighted by Gasteiger charge is 2.53. The maximum atomic E-state index is 13.2. The van der Waals surface area contributed by atoms with Crippen molar-refractivity contribution < 1.29 is 0 Å². The van der Waals surface area contributed by atoms with Crippen LogP contribution in [0.15, 0.2) is 4.79 Å². The molecule has 0 unspecified atom stereocenters. The van der Waals surface area contributed by atoms with Crippen LogP contribution < -0.4 is 5.56 Å². The fourth-order valence-corrected chi connectivity index (χ4v) is 6.94. The van der Waals surface area contributed by atoms with E-state index in [-0.39, 0.29) is 5.41 Å². The van der Waals surface area contributed by atoms with E-state index in [4.69, 9.17) is 0 Å². The molecule has 0 N–H and O–H groups in total. The minimum absolute atomic E-state index is 0.252. The van der Waals surface area contributed by atoms with Crippen LogP contribution in [0.2, 0.25) is 0 Å². The molecule has 2 heterocycles. The number of hydrogen-bond donors (Lipinski definition) is 0. The first kappa shape index (κ1) is 13.4. The molecule has 0 amide bonds. The van der Waals surface area contributed by atoms with E-state index in [0.29, 0.717) is 5.56 Å². The lowest BCUT2D eigenvalue weighted by molar-refractivity contribution is -0.00603. The second kappa shape index (κ2) is 4.52. The number of aromatic nitrogens is 2. The Labute approximate surface area is 132 Å². The van der Waals surface area contributed by atoms with E-state index in [0.717, 1.165) is 30.8 Å². The third-order valence-corrected chi connectivity index (χ3v) is 7.30. The van der Waals surface area contributed by atoms with Crippen LogP contribution in [-0.2, 0) is 18.5 Å². The Morgan fingerprint density at radius 2 is 1.41 bits per heavy atom. The predicted molar refractivity (Wildman–Crippen MR) is 87.1 cm³/mol. The van der Waals surface area contributed by atoms with Gasteiger partial charge in [-0.1, -0.05) is 0 Å². The Morgan fingerprint density at radius 1 is 0.864 bits per heavy atom. The highest BCUT2D eigenvalue weighted by atomic mass is 16.1. The summed E-state index contributed by atoms with van der Waals surface area (Å²) in [6, 6.07) is 0. The Bertz CT molecular complexity index is 630. The highest BCUT2D eigenvalue weighted by molar-refractivity contribution is 5.32. The van der Waals surface area contributed by atoms with Gasteiger partial charge in [0.1, 0.15) is 0 Å². The smallest absolute Gasteiger partial charge is 0.270 e. The summed E-state index contributed by atoms with van der Waals surface area (Å²) < 4.78 is 4.43. The first-order valence-corrected chi connectivity index (χ1v) is 9.47. The van der Waals surface area contributed by atoms with Crippen molar-refractivity contribution in [1.29, 1.82) is 0 Å². The first-order chi connectivity index (χ1) is 10.7. The summed E-state index contributed by atoms with van der Waals surface area (Å²) in [6.07, 6.45) is 11.9. The molecule has 3 nitrogen and oxygen atoms in total. The van der Waals surface area contributed by atoms with Gasteiger partial charge in [-0.25, -0.2) is 0 Å². The van der Waals surface area contributed by atoms with Crippen LogP contribution in [0, 0.1) is 24.7 Å². The first-order valence-electron chi connectivity index (χ1n) is 9.47. The quantitative estimate of drug-likeness (QED) is 0.778. The summed E-state index contributed by atoms with van der Waals surface area (Å²) in [4.78, 5) is 13.2. The van der Waals surface area contributed by atoms with Gasteiger partial charge in [-0.15, -0.1) is 0 Å². The zero-order valence-electron chi connectivity index (χ0n) is 13.8. The van der Waals surface area contributed by atoms with Crippen LogP contribution in [0.1, 0.15) is 69.0 Å². The van der Waals surface area contributed by atoms with Crippen molar-refractivity contribution in [2.75, 3.05) is 0 Å². The number of nitrogens with zero attached hydrogens (tertiary/aromatic N) is 2. The van der Waals surface area contributed by atoms with E-state index in [1.54, 1.807) is 0 Å². The molecule has 0 saturated heterocycles. The van der Waals surface area contributed by atoms with Crippen LogP contribution in [0.5, 0.6) is 0 Å². The Kier molecular flexibility index (Phi) is 2.76. The van der Waals surface area contributed by atoms with Crippen molar-refractivity contribution >= 4 is 0 Å². The third-order valence-electron chi connectivity index (χ3n) is 7.30. The third kappa shape index (κ3) is 1.71. The zero-order chi connectivity index (χ0) is 14.9. The molecule has 6 rings (SSSR count). The van der Waals surface area contributed by atoms with E-state index in [2.05, 4.69) is 16.3 Å². The van der Waals surface area contributed by atoms with Gasteiger partial charge in [0.05, 0.1) is 0 Å². The van der Waals surface area contributed by atoms with Gasteiger partial charge in [0.2, 0.25) is 0 Å². The molecule has 1 aromatic rings. The molecule has 120 valence electrons. The Hall–Kier alpha value is -0.990. The summed E-state index contributed by atoms with van der Waals surface area (Å²) in [5, 5.41) is 0. The molecule has 3 heteroatoms. The van der Waals surface area contributed by atoms with Gasteiger partial charge in [-0.05, 0) is 82.5 Å². The molecule has 1 aliphatic heterocycles. The highest BCUT2D eigenvalue weighted by Crippen LogP contribution is 2.60. The molecule has 4 aliphatic carbocycles. The molecular weight excluding hydrogens is 272 g/mol. The van der Waals surface area contributed by atoms with E-state index < -0.39 is 0 Å². The second-order valence-corrected chi connectivity index (χ2v) is 8.77. The molecule has 1 aromatic heterocycles. The van der Waals surface area contributed by atoms with E-state index in [9.17, 15) is 4.79 Å². The van der Waals surface area contributed by atoms with Crippen LogP contribution >= 0.6 is 0 Å². The SMILES string of the molecule is Cc1c(C23CC4CC(CC(C4)C2)C3)c(=O)n2n1CCCCC2. The molecule has 5 aliphatic rings. The molecule has 0 spiro atoms. The second-order valence-electron chi connectivity index (χ2n) is 8.77. The molecule has 0 radical (unpaired) electrons. The van der Waals surface area contributed by atoms with Crippen molar-refractivity contribution in [3.05, 3.63) is 21.6 Å². The van der Waals surface area contributed by atoms with Gasteiger partial charge < -0.3 is 0 Å². The molecule has 22 heavy (non-hydrogen) atoms. The van der Waals surface area contributed by atoms with E-state index in [1.807, 2.05) is 0 Å². The summed E-state index contributed by atoms with van der Waals surface area (Å²) in [5.41, 5.74) is 3.19. The van der Waals surface area contributed by atoms with Crippen molar-refractivity contribution in [2.24, 2.45) is 17.8 Å². The lowest BCUT2D eigenvalue weighted by Crippen LogP contribution is -2.50. The maximum absolute atomic E-state index is 13.2. The average Bonchev–Trinajstić information content (AvgIpc) is 2.64. The fraction of sp³-hybridized carbons (Fsp3) is 0.842. The summed E-state index contributed by atoms with van der Waals surface area (Å²) >= 11 is 0. The standard InChI is InChI=1S/C19H28N2O/c1-13-17(18(22)21-6-4-2-3-5-20(13)21)19-10-14-7-15(11-19)9-16(8-14)12-19/h14-16H,2-12H2,1H3.